The van der Waals surface area contributed by atoms with E-state index in [1.54, 1.807) is 10.9 Å². The predicted octanol–water partition coefficient (Wildman–Crippen LogP) is -1.03. The zero-order valence-corrected chi connectivity index (χ0v) is 11.2. The van der Waals surface area contributed by atoms with Crippen LogP contribution in [0.2, 0.25) is 0 Å². The van der Waals surface area contributed by atoms with E-state index >= 15 is 0 Å². The molecule has 0 bridgehead atoms. The lowest BCUT2D eigenvalue weighted by Crippen LogP contribution is -2.35. The minimum absolute atomic E-state index is 0.278. The van der Waals surface area contributed by atoms with Crippen LogP contribution in [0, 0.1) is 4.64 Å². The summed E-state index contributed by atoms with van der Waals surface area (Å²) in [5.41, 5.74) is 1.23. The summed E-state index contributed by atoms with van der Waals surface area (Å²) in [6, 6.07) is 0. The largest absolute Gasteiger partial charge is 0.394 e. The minimum Gasteiger partial charge on any atom is -0.394 e. The molecule has 0 amide bonds. The monoisotopic (exact) mass is 298 g/mol. The van der Waals surface area contributed by atoms with Crippen LogP contribution in [0.3, 0.4) is 0 Å². The highest BCUT2D eigenvalue weighted by Crippen LogP contribution is 2.23. The first-order chi connectivity index (χ1) is 9.61. The van der Waals surface area contributed by atoms with Crippen molar-refractivity contribution in [3.05, 3.63) is 17.3 Å². The van der Waals surface area contributed by atoms with Gasteiger partial charge in [0.05, 0.1) is 25.8 Å². The van der Waals surface area contributed by atoms with Gasteiger partial charge in [-0.05, 0) is 0 Å². The molecule has 0 aromatic carbocycles. The van der Waals surface area contributed by atoms with Crippen molar-refractivity contribution in [2.75, 3.05) is 6.61 Å². The van der Waals surface area contributed by atoms with Gasteiger partial charge in [-0.1, -0.05) is 12.2 Å². The smallest absolute Gasteiger partial charge is 0.157 e. The molecule has 0 spiro atoms. The number of aliphatic hydroxyl groups is 3. The second kappa shape index (κ2) is 5.19. The Labute approximate surface area is 118 Å². The van der Waals surface area contributed by atoms with Crippen LogP contribution in [-0.4, -0.2) is 65.9 Å². The van der Waals surface area contributed by atoms with E-state index in [2.05, 4.69) is 15.0 Å². The number of aromatic amines is 1. The van der Waals surface area contributed by atoms with Gasteiger partial charge in [0.1, 0.15) is 35.6 Å². The molecule has 0 unspecified atom stereocenters. The van der Waals surface area contributed by atoms with Gasteiger partial charge in [0.25, 0.3) is 0 Å². The van der Waals surface area contributed by atoms with Crippen LogP contribution in [0.15, 0.2) is 12.7 Å². The summed E-state index contributed by atoms with van der Waals surface area (Å²) in [5, 5.41) is 28.7. The SMILES string of the molecule is OC[C@H]1O[C@@H](Cn2cnc3c(=S)nc[nH]c32)[C@H](O)[C@@H]1O. The summed E-state index contributed by atoms with van der Waals surface area (Å²) in [4.78, 5) is 11.0. The normalized spacial score (nSPS) is 30.1. The van der Waals surface area contributed by atoms with Crippen molar-refractivity contribution >= 4 is 23.4 Å². The van der Waals surface area contributed by atoms with Crippen LogP contribution in [0.25, 0.3) is 11.2 Å². The average molecular weight is 298 g/mol. The fourth-order valence-electron chi connectivity index (χ4n) is 2.36. The van der Waals surface area contributed by atoms with E-state index in [1.807, 2.05) is 0 Å². The van der Waals surface area contributed by atoms with Crippen molar-refractivity contribution in [2.24, 2.45) is 0 Å². The summed E-state index contributed by atoms with van der Waals surface area (Å²) < 4.78 is 7.55. The van der Waals surface area contributed by atoms with Crippen LogP contribution in [0.5, 0.6) is 0 Å². The molecule has 1 saturated heterocycles. The first-order valence-corrected chi connectivity index (χ1v) is 6.53. The number of nitrogens with one attached hydrogen (secondary N) is 1. The Morgan fingerprint density at radius 3 is 2.75 bits per heavy atom. The molecule has 0 saturated carbocycles. The Morgan fingerprint density at radius 1 is 1.30 bits per heavy atom. The van der Waals surface area contributed by atoms with E-state index in [0.29, 0.717) is 15.8 Å². The lowest BCUT2D eigenvalue weighted by atomic mass is 10.1. The van der Waals surface area contributed by atoms with E-state index in [9.17, 15) is 10.2 Å². The van der Waals surface area contributed by atoms with Crippen LogP contribution < -0.4 is 0 Å². The number of H-pyrrole nitrogens is 1. The third-order valence-electron chi connectivity index (χ3n) is 3.44. The maximum Gasteiger partial charge on any atom is 0.157 e. The third-order valence-corrected chi connectivity index (χ3v) is 3.74. The number of fused-ring (bicyclic) bond motifs is 1. The van der Waals surface area contributed by atoms with Gasteiger partial charge < -0.3 is 29.6 Å². The molecule has 4 atom stereocenters. The predicted molar refractivity (Wildman–Crippen MR) is 70.5 cm³/mol. The topological polar surface area (TPSA) is 116 Å². The van der Waals surface area contributed by atoms with Gasteiger partial charge in [0.15, 0.2) is 4.64 Å². The summed E-state index contributed by atoms with van der Waals surface area (Å²) in [6.45, 7) is -0.0632. The van der Waals surface area contributed by atoms with Gasteiger partial charge in [0, 0.05) is 0 Å². The van der Waals surface area contributed by atoms with Gasteiger partial charge in [-0.15, -0.1) is 0 Å². The second-order valence-corrected chi connectivity index (χ2v) is 5.07. The average Bonchev–Trinajstić information content (AvgIpc) is 2.97. The molecule has 0 radical (unpaired) electrons. The van der Waals surface area contributed by atoms with Crippen molar-refractivity contribution in [3.8, 4) is 0 Å². The third kappa shape index (κ3) is 2.13. The van der Waals surface area contributed by atoms with E-state index in [4.69, 9.17) is 22.1 Å². The maximum absolute atomic E-state index is 9.92. The van der Waals surface area contributed by atoms with Crippen LogP contribution in [0.1, 0.15) is 0 Å². The van der Waals surface area contributed by atoms with Gasteiger partial charge in [-0.25, -0.2) is 9.97 Å². The fraction of sp³-hybridized carbons (Fsp3) is 0.545. The molecule has 4 N–H and O–H groups in total. The first kappa shape index (κ1) is 13.6. The summed E-state index contributed by atoms with van der Waals surface area (Å²) in [7, 11) is 0. The van der Waals surface area contributed by atoms with E-state index in [1.165, 1.54) is 6.33 Å². The van der Waals surface area contributed by atoms with Crippen LogP contribution >= 0.6 is 12.2 Å². The lowest BCUT2D eigenvalue weighted by molar-refractivity contribution is -0.0262. The van der Waals surface area contributed by atoms with Gasteiger partial charge >= 0.3 is 0 Å². The molecule has 2 aromatic rings. The van der Waals surface area contributed by atoms with E-state index < -0.39 is 24.4 Å². The number of hydrogen-bond donors (Lipinski definition) is 4. The molecular weight excluding hydrogens is 284 g/mol. The van der Waals surface area contributed by atoms with Crippen LogP contribution in [-0.2, 0) is 11.3 Å². The molecule has 3 heterocycles. The van der Waals surface area contributed by atoms with Crippen molar-refractivity contribution in [2.45, 2.75) is 31.0 Å². The Bertz CT molecular complexity index is 672. The molecule has 3 rings (SSSR count). The molecule has 1 aliphatic rings. The maximum atomic E-state index is 9.92. The zero-order valence-electron chi connectivity index (χ0n) is 10.4. The number of rotatable bonds is 3. The molecule has 1 fully saturated rings. The summed E-state index contributed by atoms with van der Waals surface area (Å²) in [6.07, 6.45) is -0.526. The van der Waals surface area contributed by atoms with Gasteiger partial charge in [-0.2, -0.15) is 0 Å². The molecule has 2 aromatic heterocycles. The molecule has 0 aliphatic carbocycles. The molecule has 9 heteroatoms. The van der Waals surface area contributed by atoms with E-state index in [0.717, 1.165) is 0 Å². The zero-order chi connectivity index (χ0) is 14.3. The van der Waals surface area contributed by atoms with Crippen molar-refractivity contribution < 1.29 is 20.1 Å². The van der Waals surface area contributed by atoms with Crippen molar-refractivity contribution in [1.82, 2.24) is 19.5 Å². The standard InChI is InChI=1S/C11H14N4O4S/c16-2-6-9(18)8(17)5(19-6)1-15-4-14-7-10(15)12-3-13-11(7)20/h3-6,8-9,16-18H,1-2H2,(H,12,13,20)/t5-,6+,8-,9+/m0/s1. The lowest BCUT2D eigenvalue weighted by Gasteiger charge is -2.15. The Morgan fingerprint density at radius 2 is 2.05 bits per heavy atom. The molecule has 108 valence electrons. The van der Waals surface area contributed by atoms with Crippen molar-refractivity contribution in [1.29, 1.82) is 0 Å². The van der Waals surface area contributed by atoms with E-state index in [-0.39, 0.29) is 13.2 Å². The number of nitrogens with zero attached hydrogens (tertiary/aromatic N) is 3. The number of aliphatic hydroxyl groups excluding tert-OH is 3. The Balaban J connectivity index is 1.87. The number of ether oxygens (including phenoxy) is 1. The van der Waals surface area contributed by atoms with Gasteiger partial charge in [-0.3, -0.25) is 0 Å². The summed E-state index contributed by atoms with van der Waals surface area (Å²) >= 11 is 5.07. The Kier molecular flexibility index (Phi) is 3.52. The highest BCUT2D eigenvalue weighted by molar-refractivity contribution is 7.71. The number of aromatic nitrogens is 4. The second-order valence-electron chi connectivity index (χ2n) is 4.68. The molecule has 1 aliphatic heterocycles. The highest BCUT2D eigenvalue weighted by Gasteiger charge is 2.42. The quantitative estimate of drug-likeness (QED) is 0.535. The first-order valence-electron chi connectivity index (χ1n) is 6.12. The fourth-order valence-corrected chi connectivity index (χ4v) is 2.57. The molecule has 8 nitrogen and oxygen atoms in total. The number of imidazole rings is 1. The summed E-state index contributed by atoms with van der Waals surface area (Å²) in [5.74, 6) is 0. The highest BCUT2D eigenvalue weighted by atomic mass is 32.1. The number of hydrogen-bond acceptors (Lipinski definition) is 7. The Hall–Kier alpha value is -1.39. The molecule has 20 heavy (non-hydrogen) atoms. The van der Waals surface area contributed by atoms with Crippen molar-refractivity contribution in [3.63, 3.8) is 0 Å². The molecular formula is C11H14N4O4S. The minimum atomic E-state index is -1.10. The van der Waals surface area contributed by atoms with Gasteiger partial charge in [0.2, 0.25) is 0 Å². The van der Waals surface area contributed by atoms with Crippen LogP contribution in [0.4, 0.5) is 0 Å².